The summed E-state index contributed by atoms with van der Waals surface area (Å²) in [6, 6.07) is 3.72. The molecule has 6 heteroatoms. The van der Waals surface area contributed by atoms with E-state index in [1.54, 1.807) is 12.5 Å². The van der Waals surface area contributed by atoms with E-state index in [0.29, 0.717) is 18.5 Å². The van der Waals surface area contributed by atoms with Crippen molar-refractivity contribution in [3.05, 3.63) is 36.4 Å². The van der Waals surface area contributed by atoms with E-state index in [-0.39, 0.29) is 23.3 Å². The van der Waals surface area contributed by atoms with Gasteiger partial charge >= 0.3 is 0 Å². The van der Waals surface area contributed by atoms with Crippen LogP contribution in [0.4, 0.5) is 0 Å². The van der Waals surface area contributed by atoms with E-state index in [1.807, 2.05) is 27.6 Å². The molecule has 6 nitrogen and oxygen atoms in total. The van der Waals surface area contributed by atoms with Gasteiger partial charge in [0.25, 0.3) is 5.91 Å². The molecule has 1 unspecified atom stereocenters. The number of carbonyl (C=O) groups excluding carboxylic acids is 2. The predicted octanol–water partition coefficient (Wildman–Crippen LogP) is 3.91. The first-order valence-electron chi connectivity index (χ1n) is 10.2. The molecule has 1 N–H and O–H groups in total. The van der Waals surface area contributed by atoms with E-state index in [4.69, 9.17) is 0 Å². The highest BCUT2D eigenvalue weighted by Crippen LogP contribution is 2.20. The van der Waals surface area contributed by atoms with Crippen molar-refractivity contribution in [1.82, 2.24) is 19.6 Å². The van der Waals surface area contributed by atoms with Gasteiger partial charge in [-0.15, -0.1) is 0 Å². The smallest absolute Gasteiger partial charge is 0.256 e. The molecule has 1 atom stereocenters. The van der Waals surface area contributed by atoms with Crippen LogP contribution in [0.3, 0.4) is 0 Å². The van der Waals surface area contributed by atoms with Crippen molar-refractivity contribution in [2.24, 2.45) is 5.41 Å². The molecule has 0 aliphatic carbocycles. The first-order valence-corrected chi connectivity index (χ1v) is 10.2. The van der Waals surface area contributed by atoms with Gasteiger partial charge in [-0.3, -0.25) is 9.59 Å². The average Bonchev–Trinajstić information content (AvgIpc) is 3.09. The van der Waals surface area contributed by atoms with E-state index in [9.17, 15) is 9.59 Å². The van der Waals surface area contributed by atoms with Crippen molar-refractivity contribution < 1.29 is 9.59 Å². The monoisotopic (exact) mass is 386 g/mol. The molecule has 1 fully saturated rings. The van der Waals surface area contributed by atoms with Crippen LogP contribution in [0.2, 0.25) is 0 Å². The first kappa shape index (κ1) is 21.9. The van der Waals surface area contributed by atoms with Crippen LogP contribution in [0.5, 0.6) is 0 Å². The van der Waals surface area contributed by atoms with Gasteiger partial charge in [0, 0.05) is 31.7 Å². The molecule has 1 saturated heterocycles. The molecule has 0 aromatic carbocycles. The Hall–Kier alpha value is -2.37. The SMILES string of the molecule is CC(C)(C)CC(=O)NC1CCCN(C(=O)c2cccn3cncc23)C1.CCC. The summed E-state index contributed by atoms with van der Waals surface area (Å²) in [7, 11) is 0. The molecule has 3 rings (SSSR count). The van der Waals surface area contributed by atoms with Gasteiger partial charge in [-0.25, -0.2) is 4.98 Å². The molecule has 1 aliphatic heterocycles. The van der Waals surface area contributed by atoms with Gasteiger partial charge in [-0.2, -0.15) is 0 Å². The fraction of sp³-hybridized carbons (Fsp3) is 0.591. The molecule has 28 heavy (non-hydrogen) atoms. The number of aromatic nitrogens is 2. The number of pyridine rings is 1. The Morgan fingerprint density at radius 2 is 2.00 bits per heavy atom. The third-order valence-electron chi connectivity index (χ3n) is 4.45. The number of imidazole rings is 1. The lowest BCUT2D eigenvalue weighted by Crippen LogP contribution is -2.50. The van der Waals surface area contributed by atoms with Gasteiger partial charge < -0.3 is 14.6 Å². The molecular formula is C22H34N4O2. The Morgan fingerprint density at radius 1 is 1.29 bits per heavy atom. The summed E-state index contributed by atoms with van der Waals surface area (Å²) in [5, 5.41) is 3.09. The molecule has 2 aromatic rings. The van der Waals surface area contributed by atoms with Crippen molar-refractivity contribution in [1.29, 1.82) is 0 Å². The first-order chi connectivity index (χ1) is 13.2. The fourth-order valence-corrected chi connectivity index (χ4v) is 3.34. The summed E-state index contributed by atoms with van der Waals surface area (Å²) in [6.07, 6.45) is 8.83. The average molecular weight is 387 g/mol. The van der Waals surface area contributed by atoms with Crippen LogP contribution >= 0.6 is 0 Å². The van der Waals surface area contributed by atoms with Gasteiger partial charge in [0.05, 0.1) is 23.6 Å². The molecule has 0 spiro atoms. The van der Waals surface area contributed by atoms with E-state index in [2.05, 4.69) is 44.9 Å². The van der Waals surface area contributed by atoms with Gasteiger partial charge in [0.2, 0.25) is 5.91 Å². The Bertz CT molecular complexity index is 791. The van der Waals surface area contributed by atoms with Crippen LogP contribution < -0.4 is 5.32 Å². The Morgan fingerprint density at radius 3 is 2.68 bits per heavy atom. The van der Waals surface area contributed by atoms with Gasteiger partial charge in [0.1, 0.15) is 0 Å². The number of nitrogens with one attached hydrogen (secondary N) is 1. The normalized spacial score (nSPS) is 17.0. The summed E-state index contributed by atoms with van der Waals surface area (Å²) in [5.74, 6) is 0.0607. The number of carbonyl (C=O) groups is 2. The van der Waals surface area contributed by atoms with Crippen LogP contribution in [0.15, 0.2) is 30.9 Å². The summed E-state index contributed by atoms with van der Waals surface area (Å²) < 4.78 is 1.85. The number of amides is 2. The third kappa shape index (κ3) is 6.08. The molecule has 154 valence electrons. The van der Waals surface area contributed by atoms with Crippen LogP contribution in [0.25, 0.3) is 5.52 Å². The number of hydrogen-bond donors (Lipinski definition) is 1. The number of fused-ring (bicyclic) bond motifs is 1. The Labute approximate surface area is 168 Å². The van der Waals surface area contributed by atoms with E-state index in [1.165, 1.54) is 6.42 Å². The van der Waals surface area contributed by atoms with E-state index < -0.39 is 0 Å². The van der Waals surface area contributed by atoms with Crippen molar-refractivity contribution in [3.63, 3.8) is 0 Å². The molecule has 0 bridgehead atoms. The maximum absolute atomic E-state index is 12.9. The zero-order valence-corrected chi connectivity index (χ0v) is 17.9. The lowest BCUT2D eigenvalue weighted by Gasteiger charge is -2.34. The molecule has 2 aromatic heterocycles. The molecule has 3 heterocycles. The number of nitrogens with zero attached hydrogens (tertiary/aromatic N) is 3. The van der Waals surface area contributed by atoms with Gasteiger partial charge in [0.15, 0.2) is 0 Å². The maximum atomic E-state index is 12.9. The van der Waals surface area contributed by atoms with Crippen LogP contribution in [-0.4, -0.2) is 45.2 Å². The summed E-state index contributed by atoms with van der Waals surface area (Å²) in [5.41, 5.74) is 1.43. The topological polar surface area (TPSA) is 66.7 Å². The number of hydrogen-bond acceptors (Lipinski definition) is 3. The van der Waals surface area contributed by atoms with Crippen molar-refractivity contribution in [2.45, 2.75) is 66.3 Å². The van der Waals surface area contributed by atoms with E-state index in [0.717, 1.165) is 24.9 Å². The van der Waals surface area contributed by atoms with Crippen molar-refractivity contribution in [3.8, 4) is 0 Å². The van der Waals surface area contributed by atoms with Crippen LogP contribution in [0.1, 0.15) is 70.7 Å². The molecule has 0 saturated carbocycles. The number of likely N-dealkylation sites (tertiary alicyclic amines) is 1. The van der Waals surface area contributed by atoms with Crippen molar-refractivity contribution in [2.75, 3.05) is 13.1 Å². The summed E-state index contributed by atoms with van der Waals surface area (Å²) in [4.78, 5) is 31.1. The molecule has 0 radical (unpaired) electrons. The minimum absolute atomic E-state index is 0.000806. The Balaban J connectivity index is 0.000000878. The maximum Gasteiger partial charge on any atom is 0.256 e. The second kappa shape index (κ2) is 9.71. The second-order valence-electron chi connectivity index (χ2n) is 8.71. The minimum Gasteiger partial charge on any atom is -0.352 e. The highest BCUT2D eigenvalue weighted by Gasteiger charge is 2.27. The van der Waals surface area contributed by atoms with E-state index >= 15 is 0 Å². The number of rotatable bonds is 3. The summed E-state index contributed by atoms with van der Waals surface area (Å²) in [6.45, 7) is 11.7. The molecular weight excluding hydrogens is 352 g/mol. The Kier molecular flexibility index (Phi) is 7.61. The van der Waals surface area contributed by atoms with Crippen molar-refractivity contribution >= 4 is 17.3 Å². The van der Waals surface area contributed by atoms with Crippen LogP contribution in [0, 0.1) is 5.41 Å². The predicted molar refractivity (Wildman–Crippen MR) is 112 cm³/mol. The lowest BCUT2D eigenvalue weighted by atomic mass is 9.91. The zero-order chi connectivity index (χ0) is 20.7. The minimum atomic E-state index is -0.0358. The van der Waals surface area contributed by atoms with Gasteiger partial charge in [-0.1, -0.05) is 41.0 Å². The molecule has 1 aliphatic rings. The highest BCUT2D eigenvalue weighted by atomic mass is 16.2. The highest BCUT2D eigenvalue weighted by molar-refractivity contribution is 6.00. The third-order valence-corrected chi connectivity index (χ3v) is 4.45. The van der Waals surface area contributed by atoms with Crippen LogP contribution in [-0.2, 0) is 4.79 Å². The lowest BCUT2D eigenvalue weighted by molar-refractivity contribution is -0.123. The number of piperidine rings is 1. The fourth-order valence-electron chi connectivity index (χ4n) is 3.34. The molecule has 2 amide bonds. The largest absolute Gasteiger partial charge is 0.352 e. The summed E-state index contributed by atoms with van der Waals surface area (Å²) >= 11 is 0. The zero-order valence-electron chi connectivity index (χ0n) is 17.9. The second-order valence-corrected chi connectivity index (χ2v) is 8.71. The standard InChI is InChI=1S/C19H26N4O2.C3H8/c1-19(2,3)10-17(24)21-14-6-4-8-22(12-14)18(25)15-7-5-9-23-13-20-11-16(15)23;1-3-2/h5,7,9,11,13-14H,4,6,8,10,12H2,1-3H3,(H,21,24);3H2,1-2H3. The quantitative estimate of drug-likeness (QED) is 0.870. The van der Waals surface area contributed by atoms with Gasteiger partial charge in [-0.05, 0) is 30.4 Å².